The lowest BCUT2D eigenvalue weighted by Crippen LogP contribution is -2.16. The molecule has 0 fully saturated rings. The normalized spacial score (nSPS) is 9.64. The Hall–Kier alpha value is 0.200. The molecule has 0 rings (SSSR count). The second-order valence-electron chi connectivity index (χ2n) is 2.53. The molecule has 0 aliphatic rings. The molecular formula is C8H16INO. The Morgan fingerprint density at radius 2 is 1.91 bits per heavy atom. The number of amides is 1. The van der Waals surface area contributed by atoms with Crippen LogP contribution in [0.4, 0.5) is 0 Å². The van der Waals surface area contributed by atoms with Crippen molar-refractivity contribution in [3.63, 3.8) is 0 Å². The standard InChI is InChI=1S/C8H16INO/c1-10-8(11)6-4-2-3-5-7-9/h2-7H2,1H3,(H,10,11). The van der Waals surface area contributed by atoms with Crippen LogP contribution >= 0.6 is 22.6 Å². The van der Waals surface area contributed by atoms with E-state index in [1.165, 1.54) is 23.7 Å². The fraction of sp³-hybridized carbons (Fsp3) is 0.875. The molecule has 0 aromatic heterocycles. The van der Waals surface area contributed by atoms with Crippen LogP contribution in [-0.4, -0.2) is 17.4 Å². The maximum atomic E-state index is 10.7. The molecule has 0 spiro atoms. The first-order valence-electron chi connectivity index (χ1n) is 4.07. The first kappa shape index (κ1) is 11.2. The zero-order valence-electron chi connectivity index (χ0n) is 7.03. The Morgan fingerprint density at radius 3 is 2.45 bits per heavy atom. The number of hydrogen-bond acceptors (Lipinski definition) is 1. The van der Waals surface area contributed by atoms with E-state index in [0.29, 0.717) is 6.42 Å². The fourth-order valence-electron chi connectivity index (χ4n) is 0.859. The summed E-state index contributed by atoms with van der Waals surface area (Å²) in [5.41, 5.74) is 0. The second kappa shape index (κ2) is 8.30. The van der Waals surface area contributed by atoms with Crippen LogP contribution in [0.5, 0.6) is 0 Å². The van der Waals surface area contributed by atoms with Gasteiger partial charge in [0.25, 0.3) is 0 Å². The van der Waals surface area contributed by atoms with Crippen LogP contribution in [0.1, 0.15) is 32.1 Å². The Kier molecular flexibility index (Phi) is 8.45. The van der Waals surface area contributed by atoms with Crippen molar-refractivity contribution < 1.29 is 4.79 Å². The Labute approximate surface area is 82.3 Å². The lowest BCUT2D eigenvalue weighted by Gasteiger charge is -1.98. The molecule has 0 radical (unpaired) electrons. The molecule has 66 valence electrons. The number of nitrogens with one attached hydrogen (secondary N) is 1. The summed E-state index contributed by atoms with van der Waals surface area (Å²) in [7, 11) is 1.69. The first-order valence-corrected chi connectivity index (χ1v) is 5.60. The molecule has 0 atom stereocenters. The van der Waals surface area contributed by atoms with Gasteiger partial charge in [-0.05, 0) is 17.3 Å². The SMILES string of the molecule is CNC(=O)CCCCCCI. The van der Waals surface area contributed by atoms with E-state index in [2.05, 4.69) is 27.9 Å². The number of unbranched alkanes of at least 4 members (excludes halogenated alkanes) is 3. The van der Waals surface area contributed by atoms with Crippen molar-refractivity contribution in [3.8, 4) is 0 Å². The second-order valence-corrected chi connectivity index (χ2v) is 3.61. The molecule has 2 nitrogen and oxygen atoms in total. The molecule has 0 heterocycles. The van der Waals surface area contributed by atoms with E-state index >= 15 is 0 Å². The summed E-state index contributed by atoms with van der Waals surface area (Å²) in [6.07, 6.45) is 5.47. The van der Waals surface area contributed by atoms with E-state index in [1.54, 1.807) is 7.05 Å². The monoisotopic (exact) mass is 269 g/mol. The minimum Gasteiger partial charge on any atom is -0.359 e. The molecule has 1 N–H and O–H groups in total. The van der Waals surface area contributed by atoms with Crippen molar-refractivity contribution in [2.45, 2.75) is 32.1 Å². The Bertz CT molecular complexity index is 106. The van der Waals surface area contributed by atoms with Crippen molar-refractivity contribution in [2.24, 2.45) is 0 Å². The predicted molar refractivity (Wildman–Crippen MR) is 56.0 cm³/mol. The van der Waals surface area contributed by atoms with Gasteiger partial charge in [0, 0.05) is 13.5 Å². The molecule has 0 aromatic carbocycles. The summed E-state index contributed by atoms with van der Waals surface area (Å²) in [6.45, 7) is 0. The van der Waals surface area contributed by atoms with Crippen LogP contribution in [0.3, 0.4) is 0 Å². The van der Waals surface area contributed by atoms with E-state index in [1.807, 2.05) is 0 Å². The van der Waals surface area contributed by atoms with Crippen molar-refractivity contribution in [3.05, 3.63) is 0 Å². The third-order valence-corrected chi connectivity index (χ3v) is 2.33. The summed E-state index contributed by atoms with van der Waals surface area (Å²) in [5.74, 6) is 0.166. The quantitative estimate of drug-likeness (QED) is 0.446. The lowest BCUT2D eigenvalue weighted by atomic mass is 10.1. The molecule has 0 aliphatic carbocycles. The zero-order valence-corrected chi connectivity index (χ0v) is 9.19. The van der Waals surface area contributed by atoms with E-state index in [9.17, 15) is 4.79 Å². The van der Waals surface area contributed by atoms with Crippen LogP contribution in [0.15, 0.2) is 0 Å². The Balaban J connectivity index is 2.95. The van der Waals surface area contributed by atoms with Gasteiger partial charge in [0.2, 0.25) is 5.91 Å². The average Bonchev–Trinajstić information content (AvgIpc) is 2.04. The molecule has 0 aromatic rings. The van der Waals surface area contributed by atoms with E-state index in [4.69, 9.17) is 0 Å². The van der Waals surface area contributed by atoms with E-state index in [0.717, 1.165) is 6.42 Å². The van der Waals surface area contributed by atoms with Crippen LogP contribution in [0, 0.1) is 0 Å². The number of alkyl halides is 1. The molecule has 3 heteroatoms. The third-order valence-electron chi connectivity index (χ3n) is 1.57. The highest BCUT2D eigenvalue weighted by molar-refractivity contribution is 14.1. The molecule has 11 heavy (non-hydrogen) atoms. The number of carbonyl (C=O) groups is 1. The van der Waals surface area contributed by atoms with Gasteiger partial charge in [-0.3, -0.25) is 4.79 Å². The van der Waals surface area contributed by atoms with Crippen molar-refractivity contribution in [2.75, 3.05) is 11.5 Å². The lowest BCUT2D eigenvalue weighted by molar-refractivity contribution is -0.120. The largest absolute Gasteiger partial charge is 0.359 e. The first-order chi connectivity index (χ1) is 5.31. The van der Waals surface area contributed by atoms with E-state index < -0.39 is 0 Å². The minimum atomic E-state index is 0.166. The summed E-state index contributed by atoms with van der Waals surface area (Å²) >= 11 is 2.38. The van der Waals surface area contributed by atoms with Gasteiger partial charge in [-0.2, -0.15) is 0 Å². The highest BCUT2D eigenvalue weighted by atomic mass is 127. The van der Waals surface area contributed by atoms with Gasteiger partial charge in [0.1, 0.15) is 0 Å². The summed E-state index contributed by atoms with van der Waals surface area (Å²) in [5, 5.41) is 2.62. The van der Waals surface area contributed by atoms with Gasteiger partial charge in [-0.15, -0.1) is 0 Å². The third kappa shape index (κ3) is 8.10. The number of hydrogen-bond donors (Lipinski definition) is 1. The Morgan fingerprint density at radius 1 is 1.27 bits per heavy atom. The summed E-state index contributed by atoms with van der Waals surface area (Å²) < 4.78 is 1.23. The topological polar surface area (TPSA) is 29.1 Å². The number of halogens is 1. The van der Waals surface area contributed by atoms with Crippen LogP contribution in [-0.2, 0) is 4.79 Å². The molecule has 1 amide bonds. The smallest absolute Gasteiger partial charge is 0.219 e. The number of carbonyl (C=O) groups excluding carboxylic acids is 1. The van der Waals surface area contributed by atoms with Gasteiger partial charge >= 0.3 is 0 Å². The fourth-order valence-corrected chi connectivity index (χ4v) is 1.40. The van der Waals surface area contributed by atoms with Gasteiger partial charge in [-0.1, -0.05) is 35.4 Å². The van der Waals surface area contributed by atoms with E-state index in [-0.39, 0.29) is 5.91 Å². The maximum absolute atomic E-state index is 10.7. The highest BCUT2D eigenvalue weighted by Gasteiger charge is 1.95. The molecule has 0 bridgehead atoms. The van der Waals surface area contributed by atoms with Crippen LogP contribution < -0.4 is 5.32 Å². The minimum absolute atomic E-state index is 0.166. The molecular weight excluding hydrogens is 253 g/mol. The molecule has 0 aliphatic heterocycles. The van der Waals surface area contributed by atoms with Gasteiger partial charge < -0.3 is 5.32 Å². The van der Waals surface area contributed by atoms with Crippen molar-refractivity contribution in [1.29, 1.82) is 0 Å². The zero-order chi connectivity index (χ0) is 8.53. The van der Waals surface area contributed by atoms with Crippen molar-refractivity contribution in [1.82, 2.24) is 5.32 Å². The molecule has 0 saturated heterocycles. The van der Waals surface area contributed by atoms with Crippen LogP contribution in [0.25, 0.3) is 0 Å². The predicted octanol–water partition coefficient (Wildman–Crippen LogP) is 2.12. The number of rotatable bonds is 6. The molecule has 0 unspecified atom stereocenters. The summed E-state index contributed by atoms with van der Waals surface area (Å²) in [6, 6.07) is 0. The van der Waals surface area contributed by atoms with Crippen molar-refractivity contribution >= 4 is 28.5 Å². The van der Waals surface area contributed by atoms with Gasteiger partial charge in [0.05, 0.1) is 0 Å². The van der Waals surface area contributed by atoms with Crippen LogP contribution in [0.2, 0.25) is 0 Å². The van der Waals surface area contributed by atoms with Gasteiger partial charge in [-0.25, -0.2) is 0 Å². The highest BCUT2D eigenvalue weighted by Crippen LogP contribution is 2.04. The maximum Gasteiger partial charge on any atom is 0.219 e. The summed E-state index contributed by atoms with van der Waals surface area (Å²) in [4.78, 5) is 10.7. The average molecular weight is 269 g/mol. The molecule has 0 saturated carbocycles. The van der Waals surface area contributed by atoms with Gasteiger partial charge in [0.15, 0.2) is 0 Å².